The predicted octanol–water partition coefficient (Wildman–Crippen LogP) is 3.40. The first-order chi connectivity index (χ1) is 14.4. The summed E-state index contributed by atoms with van der Waals surface area (Å²) < 4.78 is 47.5. The van der Waals surface area contributed by atoms with Crippen molar-refractivity contribution in [2.24, 2.45) is 0 Å². The van der Waals surface area contributed by atoms with E-state index in [1.54, 1.807) is 30.8 Å². The largest absolute Gasteiger partial charge is 0.455 e. The van der Waals surface area contributed by atoms with Gasteiger partial charge in [-0.2, -0.15) is 9.40 Å². The number of para-hydroxylation sites is 1. The van der Waals surface area contributed by atoms with Crippen LogP contribution in [-0.4, -0.2) is 41.6 Å². The molecule has 0 amide bonds. The smallest absolute Gasteiger partial charge is 0.341 e. The van der Waals surface area contributed by atoms with Gasteiger partial charge in [-0.05, 0) is 36.4 Å². The average molecular weight is 431 g/mol. The minimum Gasteiger partial charge on any atom is -0.455 e. The van der Waals surface area contributed by atoms with Gasteiger partial charge < -0.3 is 4.74 Å². The van der Waals surface area contributed by atoms with Gasteiger partial charge in [0.05, 0.1) is 16.1 Å². The van der Waals surface area contributed by atoms with Crippen LogP contribution in [0.5, 0.6) is 0 Å². The van der Waals surface area contributed by atoms with E-state index in [0.29, 0.717) is 5.69 Å². The van der Waals surface area contributed by atoms with E-state index in [4.69, 9.17) is 4.74 Å². The average Bonchev–Trinajstić information content (AvgIpc) is 3.22. The van der Waals surface area contributed by atoms with Crippen molar-refractivity contribution >= 4 is 16.0 Å². The summed E-state index contributed by atoms with van der Waals surface area (Å²) in [6.45, 7) is 3.76. The van der Waals surface area contributed by atoms with Gasteiger partial charge in [-0.1, -0.05) is 32.0 Å². The van der Waals surface area contributed by atoms with Crippen LogP contribution in [0.3, 0.4) is 0 Å². The maximum atomic E-state index is 14.2. The summed E-state index contributed by atoms with van der Waals surface area (Å²) in [6, 6.07) is 14.2. The summed E-state index contributed by atoms with van der Waals surface area (Å²) in [6.07, 6.45) is 1.72. The summed E-state index contributed by atoms with van der Waals surface area (Å²) in [4.78, 5) is 12.2. The zero-order valence-electron chi connectivity index (χ0n) is 16.7. The van der Waals surface area contributed by atoms with Crippen LogP contribution in [0.4, 0.5) is 4.39 Å². The maximum Gasteiger partial charge on any atom is 0.341 e. The number of nitrogens with zero attached hydrogens (tertiary/aromatic N) is 3. The summed E-state index contributed by atoms with van der Waals surface area (Å²) in [5.41, 5.74) is 0.876. The molecule has 3 rings (SSSR count). The number of carbonyl (C=O) groups is 1. The van der Waals surface area contributed by atoms with E-state index in [1.165, 1.54) is 4.31 Å². The van der Waals surface area contributed by atoms with Crippen LogP contribution in [-0.2, 0) is 21.4 Å². The second-order valence-corrected chi connectivity index (χ2v) is 8.33. The van der Waals surface area contributed by atoms with Crippen LogP contribution in [0.2, 0.25) is 0 Å². The van der Waals surface area contributed by atoms with E-state index >= 15 is 0 Å². The molecule has 0 saturated heterocycles. The van der Waals surface area contributed by atoms with Crippen molar-refractivity contribution in [3.63, 3.8) is 0 Å². The third kappa shape index (κ3) is 4.58. The molecule has 2 aromatic carbocycles. The Balaban J connectivity index is 1.75. The van der Waals surface area contributed by atoms with Crippen molar-refractivity contribution in [2.75, 3.05) is 13.1 Å². The molecule has 0 fully saturated rings. The van der Waals surface area contributed by atoms with E-state index in [9.17, 15) is 17.6 Å². The predicted molar refractivity (Wildman–Crippen MR) is 109 cm³/mol. The maximum absolute atomic E-state index is 14.2. The van der Waals surface area contributed by atoms with Crippen LogP contribution in [0, 0.1) is 5.82 Å². The number of hydrogen-bond acceptors (Lipinski definition) is 5. The Morgan fingerprint density at radius 1 is 1.10 bits per heavy atom. The molecule has 0 spiro atoms. The van der Waals surface area contributed by atoms with Crippen LogP contribution in [0.1, 0.15) is 29.9 Å². The Morgan fingerprint density at radius 2 is 1.80 bits per heavy atom. The molecular weight excluding hydrogens is 409 g/mol. The van der Waals surface area contributed by atoms with Crippen molar-refractivity contribution in [2.45, 2.75) is 25.3 Å². The summed E-state index contributed by atoms with van der Waals surface area (Å²) in [7, 11) is -3.83. The van der Waals surface area contributed by atoms with Gasteiger partial charge in [0, 0.05) is 19.3 Å². The van der Waals surface area contributed by atoms with Crippen molar-refractivity contribution in [3.05, 3.63) is 77.9 Å². The molecule has 7 nitrogen and oxygen atoms in total. The zero-order valence-corrected chi connectivity index (χ0v) is 17.5. The number of hydrogen-bond donors (Lipinski definition) is 0. The Kier molecular flexibility index (Phi) is 6.63. The van der Waals surface area contributed by atoms with Gasteiger partial charge in [0.15, 0.2) is 0 Å². The monoisotopic (exact) mass is 431 g/mol. The van der Waals surface area contributed by atoms with E-state index in [2.05, 4.69) is 5.10 Å². The first kappa shape index (κ1) is 21.7. The van der Waals surface area contributed by atoms with Gasteiger partial charge in [-0.3, -0.25) is 0 Å². The molecule has 0 N–H and O–H groups in total. The highest BCUT2D eigenvalue weighted by Crippen LogP contribution is 2.20. The molecule has 158 valence electrons. The van der Waals surface area contributed by atoms with E-state index in [1.807, 2.05) is 30.3 Å². The number of carbonyl (C=O) groups excluding carboxylic acids is 1. The molecule has 0 saturated carbocycles. The van der Waals surface area contributed by atoms with E-state index < -0.39 is 27.4 Å². The lowest BCUT2D eigenvalue weighted by molar-refractivity contribution is 0.0461. The lowest BCUT2D eigenvalue weighted by atomic mass is 10.2. The highest BCUT2D eigenvalue weighted by molar-refractivity contribution is 7.89. The fourth-order valence-corrected chi connectivity index (χ4v) is 4.40. The van der Waals surface area contributed by atoms with Crippen LogP contribution < -0.4 is 0 Å². The second kappa shape index (κ2) is 9.19. The standard InChI is InChI=1S/C21H22FN3O4S/c1-3-24(4-2)30(27,28)18-10-11-20(22)19(14-18)21(26)29-15-16-12-13-25(23-16)17-8-6-5-7-9-17/h5-14H,3-4,15H2,1-2H3. The van der Waals surface area contributed by atoms with Gasteiger partial charge in [0.25, 0.3) is 0 Å². The van der Waals surface area contributed by atoms with Gasteiger partial charge in [-0.25, -0.2) is 22.3 Å². The fraction of sp³-hybridized carbons (Fsp3) is 0.238. The number of esters is 1. The summed E-state index contributed by atoms with van der Waals surface area (Å²) in [5.74, 6) is -1.81. The van der Waals surface area contributed by atoms with Crippen molar-refractivity contribution in [1.82, 2.24) is 14.1 Å². The van der Waals surface area contributed by atoms with E-state index in [-0.39, 0.29) is 24.6 Å². The normalized spacial score (nSPS) is 11.6. The second-order valence-electron chi connectivity index (χ2n) is 6.39. The topological polar surface area (TPSA) is 81.5 Å². The molecule has 3 aromatic rings. The molecule has 0 aliphatic heterocycles. The number of halogens is 1. The molecular formula is C21H22FN3O4S. The SMILES string of the molecule is CCN(CC)S(=O)(=O)c1ccc(F)c(C(=O)OCc2ccn(-c3ccccc3)n2)c1. The Bertz CT molecular complexity index is 1130. The quantitative estimate of drug-likeness (QED) is 0.511. The minimum absolute atomic E-state index is 0.159. The molecule has 0 unspecified atom stereocenters. The molecule has 9 heteroatoms. The van der Waals surface area contributed by atoms with E-state index in [0.717, 1.165) is 23.9 Å². The third-order valence-electron chi connectivity index (χ3n) is 4.52. The van der Waals surface area contributed by atoms with Crippen LogP contribution >= 0.6 is 0 Å². The molecule has 1 aromatic heterocycles. The Hall–Kier alpha value is -3.04. The number of sulfonamides is 1. The number of aromatic nitrogens is 2. The summed E-state index contributed by atoms with van der Waals surface area (Å²) in [5, 5.41) is 4.31. The third-order valence-corrected chi connectivity index (χ3v) is 6.56. The molecule has 30 heavy (non-hydrogen) atoms. The van der Waals surface area contributed by atoms with Crippen molar-refractivity contribution in [1.29, 1.82) is 0 Å². The number of ether oxygens (including phenoxy) is 1. The molecule has 0 aliphatic rings. The number of rotatable bonds is 8. The van der Waals surface area contributed by atoms with Gasteiger partial charge >= 0.3 is 5.97 Å². The van der Waals surface area contributed by atoms with Gasteiger partial charge in [0.2, 0.25) is 10.0 Å². The lowest BCUT2D eigenvalue weighted by Gasteiger charge is -2.18. The Labute approximate surface area is 174 Å². The molecule has 0 radical (unpaired) electrons. The van der Waals surface area contributed by atoms with Crippen LogP contribution in [0.25, 0.3) is 5.69 Å². The van der Waals surface area contributed by atoms with Crippen molar-refractivity contribution in [3.8, 4) is 5.69 Å². The fourth-order valence-electron chi connectivity index (χ4n) is 2.91. The lowest BCUT2D eigenvalue weighted by Crippen LogP contribution is -2.30. The Morgan fingerprint density at radius 3 is 2.47 bits per heavy atom. The minimum atomic E-state index is -3.83. The first-order valence-corrected chi connectivity index (χ1v) is 10.9. The molecule has 0 aliphatic carbocycles. The highest BCUT2D eigenvalue weighted by atomic mass is 32.2. The molecule has 0 atom stereocenters. The zero-order chi connectivity index (χ0) is 21.7. The molecule has 0 bridgehead atoms. The van der Waals surface area contributed by atoms with Gasteiger partial charge in [-0.15, -0.1) is 0 Å². The van der Waals surface area contributed by atoms with Gasteiger partial charge in [0.1, 0.15) is 18.1 Å². The van der Waals surface area contributed by atoms with Crippen molar-refractivity contribution < 1.29 is 22.3 Å². The highest BCUT2D eigenvalue weighted by Gasteiger charge is 2.24. The van der Waals surface area contributed by atoms with Crippen LogP contribution in [0.15, 0.2) is 65.7 Å². The first-order valence-electron chi connectivity index (χ1n) is 9.43. The number of benzene rings is 2. The summed E-state index contributed by atoms with van der Waals surface area (Å²) >= 11 is 0. The molecule has 1 heterocycles.